The van der Waals surface area contributed by atoms with Crippen LogP contribution in [0.2, 0.25) is 0 Å². The van der Waals surface area contributed by atoms with Crippen LogP contribution in [0, 0.1) is 0 Å². The van der Waals surface area contributed by atoms with Gasteiger partial charge in [0.05, 0.1) is 0 Å². The lowest BCUT2D eigenvalue weighted by Gasteiger charge is -2.47. The molecule has 0 aromatic heterocycles. The highest BCUT2D eigenvalue weighted by Gasteiger charge is 2.42. The van der Waals surface area contributed by atoms with Gasteiger partial charge in [0, 0.05) is 24.5 Å². The third kappa shape index (κ3) is 3.03. The highest BCUT2D eigenvalue weighted by atomic mass is 16.2. The number of nitrogens with one attached hydrogen (secondary N) is 1. The summed E-state index contributed by atoms with van der Waals surface area (Å²) in [6, 6.07) is 21.5. The molecule has 0 unspecified atom stereocenters. The van der Waals surface area contributed by atoms with E-state index in [4.69, 9.17) is 0 Å². The number of carbonyl (C=O) groups is 1. The summed E-state index contributed by atoms with van der Waals surface area (Å²) in [5.74, 6) is 0. The van der Waals surface area contributed by atoms with E-state index in [1.54, 1.807) is 0 Å². The van der Waals surface area contributed by atoms with Crippen LogP contribution in [0.5, 0.6) is 0 Å². The zero-order chi connectivity index (χ0) is 17.0. The molecule has 2 aromatic carbocycles. The Morgan fingerprint density at radius 1 is 1.08 bits per heavy atom. The van der Waals surface area contributed by atoms with E-state index in [0.29, 0.717) is 13.1 Å². The fourth-order valence-electron chi connectivity index (χ4n) is 3.81. The Morgan fingerprint density at radius 3 is 2.12 bits per heavy atom. The first-order valence-corrected chi connectivity index (χ1v) is 8.83. The smallest absolute Gasteiger partial charge is 0.317 e. The number of hydrogen-bond donors (Lipinski definition) is 1. The maximum absolute atomic E-state index is 12.6. The van der Waals surface area contributed by atoms with Crippen molar-refractivity contribution < 1.29 is 4.79 Å². The van der Waals surface area contributed by atoms with Crippen LogP contribution >= 0.6 is 0 Å². The van der Waals surface area contributed by atoms with Gasteiger partial charge in [-0.25, -0.2) is 4.79 Å². The highest BCUT2D eigenvalue weighted by Crippen LogP contribution is 2.41. The molecular formula is C21H26N2O. The van der Waals surface area contributed by atoms with Crippen LogP contribution in [0.15, 0.2) is 60.7 Å². The molecule has 126 valence electrons. The van der Waals surface area contributed by atoms with Gasteiger partial charge in [-0.1, -0.05) is 60.7 Å². The Balaban J connectivity index is 2.04. The molecule has 1 saturated heterocycles. The minimum atomic E-state index is -0.139. The molecule has 1 aliphatic rings. The van der Waals surface area contributed by atoms with Crippen molar-refractivity contribution in [1.29, 1.82) is 0 Å². The number of amides is 2. The monoisotopic (exact) mass is 322 g/mol. The molecule has 0 saturated carbocycles. The second-order valence-electron chi connectivity index (χ2n) is 6.67. The van der Waals surface area contributed by atoms with E-state index in [1.807, 2.05) is 11.8 Å². The molecule has 1 aliphatic heterocycles. The summed E-state index contributed by atoms with van der Waals surface area (Å²) in [4.78, 5) is 14.6. The van der Waals surface area contributed by atoms with Gasteiger partial charge < -0.3 is 10.2 Å². The number of hydrogen-bond acceptors (Lipinski definition) is 1. The Morgan fingerprint density at radius 2 is 1.62 bits per heavy atom. The third-order valence-electron chi connectivity index (χ3n) is 5.20. The largest absolute Gasteiger partial charge is 0.338 e. The van der Waals surface area contributed by atoms with Gasteiger partial charge in [0.25, 0.3) is 0 Å². The van der Waals surface area contributed by atoms with Crippen LogP contribution in [0.3, 0.4) is 0 Å². The Hall–Kier alpha value is -2.29. The van der Waals surface area contributed by atoms with Crippen LogP contribution in [0.4, 0.5) is 4.79 Å². The van der Waals surface area contributed by atoms with E-state index < -0.39 is 0 Å². The van der Waals surface area contributed by atoms with Crippen molar-refractivity contribution in [3.63, 3.8) is 0 Å². The third-order valence-corrected chi connectivity index (χ3v) is 5.20. The lowest BCUT2D eigenvalue weighted by molar-refractivity contribution is 0.128. The number of likely N-dealkylation sites (tertiary alicyclic amines) is 1. The molecule has 1 N–H and O–H groups in total. The molecule has 1 heterocycles. The quantitative estimate of drug-likeness (QED) is 0.903. The molecule has 24 heavy (non-hydrogen) atoms. The minimum absolute atomic E-state index is 0.0425. The van der Waals surface area contributed by atoms with Crippen LogP contribution in [-0.4, -0.2) is 30.1 Å². The topological polar surface area (TPSA) is 32.3 Å². The van der Waals surface area contributed by atoms with Crippen molar-refractivity contribution in [2.75, 3.05) is 13.1 Å². The molecule has 3 nitrogen and oxygen atoms in total. The predicted molar refractivity (Wildman–Crippen MR) is 98.1 cm³/mol. The highest BCUT2D eigenvalue weighted by molar-refractivity contribution is 5.75. The zero-order valence-electron chi connectivity index (χ0n) is 14.5. The molecule has 0 aliphatic carbocycles. The van der Waals surface area contributed by atoms with E-state index in [2.05, 4.69) is 72.9 Å². The van der Waals surface area contributed by atoms with Gasteiger partial charge in [-0.2, -0.15) is 0 Å². The van der Waals surface area contributed by atoms with Gasteiger partial charge in [-0.3, -0.25) is 0 Å². The van der Waals surface area contributed by atoms with E-state index in [9.17, 15) is 4.79 Å². The zero-order valence-corrected chi connectivity index (χ0v) is 14.5. The number of carbonyl (C=O) groups excluding carboxylic acids is 1. The van der Waals surface area contributed by atoms with Crippen LogP contribution in [0.25, 0.3) is 0 Å². The van der Waals surface area contributed by atoms with E-state index in [1.165, 1.54) is 11.1 Å². The number of rotatable bonds is 3. The molecule has 2 aromatic rings. The van der Waals surface area contributed by atoms with E-state index in [-0.39, 0.29) is 17.5 Å². The first-order valence-electron chi connectivity index (χ1n) is 8.83. The van der Waals surface area contributed by atoms with Gasteiger partial charge >= 0.3 is 6.03 Å². The van der Waals surface area contributed by atoms with Gasteiger partial charge in [-0.05, 0) is 37.8 Å². The number of piperidine rings is 1. The fraction of sp³-hybridized carbons (Fsp3) is 0.381. The summed E-state index contributed by atoms with van der Waals surface area (Å²) in [5, 5.41) is 2.97. The number of benzene rings is 2. The summed E-state index contributed by atoms with van der Waals surface area (Å²) in [5.41, 5.74) is 2.44. The molecule has 0 bridgehead atoms. The van der Waals surface area contributed by atoms with Gasteiger partial charge in [0.15, 0.2) is 0 Å². The molecule has 1 atom stereocenters. The van der Waals surface area contributed by atoms with Crippen molar-refractivity contribution >= 4 is 6.03 Å². The van der Waals surface area contributed by atoms with E-state index in [0.717, 1.165) is 12.8 Å². The summed E-state index contributed by atoms with van der Waals surface area (Å²) in [6.45, 7) is 5.49. The van der Waals surface area contributed by atoms with Crippen molar-refractivity contribution in [2.45, 2.75) is 38.1 Å². The summed E-state index contributed by atoms with van der Waals surface area (Å²) < 4.78 is 0. The van der Waals surface area contributed by atoms with Crippen molar-refractivity contribution in [1.82, 2.24) is 10.2 Å². The average Bonchev–Trinajstić information content (AvgIpc) is 2.64. The van der Waals surface area contributed by atoms with Crippen LogP contribution in [0.1, 0.15) is 37.8 Å². The van der Waals surface area contributed by atoms with Gasteiger partial charge in [0.2, 0.25) is 0 Å². The molecule has 2 amide bonds. The molecule has 0 spiro atoms. The lowest BCUT2D eigenvalue weighted by Crippen LogP contribution is -2.55. The maximum atomic E-state index is 12.6. The number of urea groups is 1. The maximum Gasteiger partial charge on any atom is 0.317 e. The summed E-state index contributed by atoms with van der Waals surface area (Å²) in [7, 11) is 0. The van der Waals surface area contributed by atoms with Gasteiger partial charge in [0.1, 0.15) is 0 Å². The van der Waals surface area contributed by atoms with E-state index >= 15 is 0 Å². The molecule has 3 heteroatoms. The minimum Gasteiger partial charge on any atom is -0.338 e. The normalized spacial score (nSPS) is 19.8. The SMILES string of the molecule is CCNC(=O)N1CC(c2ccccc2)(c2ccccc2)CC[C@H]1C. The second kappa shape index (κ2) is 7.08. The fourth-order valence-corrected chi connectivity index (χ4v) is 3.81. The lowest BCUT2D eigenvalue weighted by atomic mass is 9.68. The van der Waals surface area contributed by atoms with Gasteiger partial charge in [-0.15, -0.1) is 0 Å². The Kier molecular flexibility index (Phi) is 4.89. The second-order valence-corrected chi connectivity index (χ2v) is 6.67. The Labute approximate surface area is 144 Å². The summed E-state index contributed by atoms with van der Waals surface area (Å²) >= 11 is 0. The van der Waals surface area contributed by atoms with Crippen LogP contribution < -0.4 is 5.32 Å². The first kappa shape index (κ1) is 16.6. The Bertz CT molecular complexity index is 629. The van der Waals surface area contributed by atoms with Crippen molar-refractivity contribution in [2.24, 2.45) is 0 Å². The molecule has 0 radical (unpaired) electrons. The average molecular weight is 322 g/mol. The predicted octanol–water partition coefficient (Wildman–Crippen LogP) is 4.19. The molecular weight excluding hydrogens is 296 g/mol. The van der Waals surface area contributed by atoms with Crippen molar-refractivity contribution in [3.8, 4) is 0 Å². The first-order chi connectivity index (χ1) is 11.7. The van der Waals surface area contributed by atoms with Crippen molar-refractivity contribution in [3.05, 3.63) is 71.8 Å². The standard InChI is InChI=1S/C21H26N2O/c1-3-22-20(24)23-16-21(15-14-17(23)2,18-10-6-4-7-11-18)19-12-8-5-9-13-19/h4-13,17H,3,14-16H2,1-2H3,(H,22,24)/t17-/m1/s1. The number of nitrogens with zero attached hydrogens (tertiary/aromatic N) is 1. The summed E-state index contributed by atoms with van der Waals surface area (Å²) in [6.07, 6.45) is 2.05. The molecule has 3 rings (SSSR count). The van der Waals surface area contributed by atoms with Crippen LogP contribution in [-0.2, 0) is 5.41 Å². The molecule has 1 fully saturated rings.